The molecule has 0 saturated carbocycles. The molecule has 0 saturated heterocycles. The van der Waals surface area contributed by atoms with Gasteiger partial charge in [-0.1, -0.05) is 49.4 Å². The van der Waals surface area contributed by atoms with Crippen molar-refractivity contribution in [3.63, 3.8) is 0 Å². The summed E-state index contributed by atoms with van der Waals surface area (Å²) in [5.74, 6) is 0.0744. The number of amides is 2. The number of rotatable bonds is 10. The van der Waals surface area contributed by atoms with E-state index in [-0.39, 0.29) is 10.1 Å². The van der Waals surface area contributed by atoms with E-state index in [0.29, 0.717) is 28.7 Å². The first-order valence-electron chi connectivity index (χ1n) is 10.6. The van der Waals surface area contributed by atoms with Gasteiger partial charge in [0.1, 0.15) is 11.5 Å². The van der Waals surface area contributed by atoms with Crippen molar-refractivity contribution in [1.82, 2.24) is 16.2 Å². The van der Waals surface area contributed by atoms with Crippen LogP contribution in [-0.2, 0) is 4.79 Å². The fourth-order valence-corrected chi connectivity index (χ4v) is 3.26. The summed E-state index contributed by atoms with van der Waals surface area (Å²) in [6, 6.07) is 11.4. The van der Waals surface area contributed by atoms with Crippen LogP contribution in [0, 0.1) is 0 Å². The number of thiocarbonyl (C=S) groups is 1. The van der Waals surface area contributed by atoms with E-state index in [1.54, 1.807) is 36.4 Å². The Labute approximate surface area is 209 Å². The van der Waals surface area contributed by atoms with Gasteiger partial charge < -0.3 is 9.47 Å². The van der Waals surface area contributed by atoms with E-state index in [4.69, 9.17) is 44.9 Å². The van der Waals surface area contributed by atoms with Gasteiger partial charge in [-0.2, -0.15) is 0 Å². The third kappa shape index (κ3) is 9.45. The fraction of sp³-hybridized carbons (Fsp3) is 0.348. The molecule has 0 fully saturated rings. The summed E-state index contributed by atoms with van der Waals surface area (Å²) in [5, 5.41) is 3.16. The molecule has 7 nitrogen and oxygen atoms in total. The monoisotopic (exact) mass is 511 g/mol. The lowest BCUT2D eigenvalue weighted by molar-refractivity contribution is -0.127. The average molecular weight is 512 g/mol. The number of halogens is 2. The molecule has 0 aliphatic carbocycles. The summed E-state index contributed by atoms with van der Waals surface area (Å²) in [4.78, 5) is 24.6. The van der Waals surface area contributed by atoms with E-state index < -0.39 is 17.9 Å². The van der Waals surface area contributed by atoms with E-state index in [9.17, 15) is 9.59 Å². The molecule has 1 atom stereocenters. The Morgan fingerprint density at radius 1 is 1.03 bits per heavy atom. The van der Waals surface area contributed by atoms with E-state index in [0.717, 1.165) is 12.8 Å². The van der Waals surface area contributed by atoms with Crippen molar-refractivity contribution >= 4 is 52.3 Å². The zero-order chi connectivity index (χ0) is 24.2. The van der Waals surface area contributed by atoms with Crippen LogP contribution >= 0.6 is 35.4 Å². The SMILES string of the molecule is CCCCCCOc1ccc(C(=O)NC(=S)NNC(=O)C(C)Oc2ccc(Cl)cc2Cl)cc1. The van der Waals surface area contributed by atoms with Crippen LogP contribution in [0.4, 0.5) is 0 Å². The summed E-state index contributed by atoms with van der Waals surface area (Å²) < 4.78 is 11.2. The molecule has 33 heavy (non-hydrogen) atoms. The molecule has 0 aromatic heterocycles. The molecule has 0 radical (unpaired) electrons. The van der Waals surface area contributed by atoms with Crippen molar-refractivity contribution in [2.75, 3.05) is 6.61 Å². The second-order valence-electron chi connectivity index (χ2n) is 7.17. The van der Waals surface area contributed by atoms with Crippen LogP contribution in [0.25, 0.3) is 0 Å². The summed E-state index contributed by atoms with van der Waals surface area (Å²) >= 11 is 16.9. The maximum Gasteiger partial charge on any atom is 0.279 e. The Bertz CT molecular complexity index is 957. The second kappa shape index (κ2) is 13.9. The molecule has 0 aliphatic heterocycles. The minimum Gasteiger partial charge on any atom is -0.494 e. The predicted molar refractivity (Wildman–Crippen MR) is 134 cm³/mol. The number of unbranched alkanes of at least 4 members (excludes halogenated alkanes) is 3. The van der Waals surface area contributed by atoms with Gasteiger partial charge >= 0.3 is 0 Å². The lowest BCUT2D eigenvalue weighted by Gasteiger charge is -2.17. The maximum absolute atomic E-state index is 12.3. The smallest absolute Gasteiger partial charge is 0.279 e. The maximum atomic E-state index is 12.3. The molecule has 3 N–H and O–H groups in total. The van der Waals surface area contributed by atoms with E-state index in [1.807, 2.05) is 0 Å². The molecule has 2 amide bonds. The number of nitrogens with one attached hydrogen (secondary N) is 3. The molecule has 0 bridgehead atoms. The number of ether oxygens (including phenoxy) is 2. The Morgan fingerprint density at radius 3 is 2.42 bits per heavy atom. The van der Waals surface area contributed by atoms with E-state index >= 15 is 0 Å². The first-order valence-corrected chi connectivity index (χ1v) is 11.7. The van der Waals surface area contributed by atoms with Gasteiger partial charge in [-0.25, -0.2) is 0 Å². The quantitative estimate of drug-likeness (QED) is 0.235. The molecule has 0 aliphatic rings. The van der Waals surface area contributed by atoms with Crippen molar-refractivity contribution in [3.8, 4) is 11.5 Å². The minimum atomic E-state index is -0.885. The molecule has 2 aromatic rings. The summed E-state index contributed by atoms with van der Waals surface area (Å²) in [6.45, 7) is 4.34. The second-order valence-corrected chi connectivity index (χ2v) is 8.42. The molecule has 0 heterocycles. The third-order valence-electron chi connectivity index (χ3n) is 4.48. The van der Waals surface area contributed by atoms with Crippen molar-refractivity contribution < 1.29 is 19.1 Å². The van der Waals surface area contributed by atoms with Crippen LogP contribution in [-0.4, -0.2) is 29.6 Å². The molecule has 2 aromatic carbocycles. The summed E-state index contributed by atoms with van der Waals surface area (Å²) in [7, 11) is 0. The molecular formula is C23H27Cl2N3O4S. The summed E-state index contributed by atoms with van der Waals surface area (Å²) in [6.07, 6.45) is 3.62. The Balaban J connectivity index is 1.74. The van der Waals surface area contributed by atoms with Crippen LogP contribution < -0.4 is 25.6 Å². The number of carbonyl (C=O) groups is 2. The standard InChI is InChI=1S/C23H27Cl2N3O4S/c1-3-4-5-6-13-31-18-10-7-16(8-11-18)22(30)26-23(33)28-27-21(29)15(2)32-20-12-9-17(24)14-19(20)25/h7-12,14-15H,3-6,13H2,1-2H3,(H,27,29)(H2,26,28,30,33). The van der Waals surface area contributed by atoms with Crippen molar-refractivity contribution in [2.24, 2.45) is 0 Å². The van der Waals surface area contributed by atoms with Crippen LogP contribution in [0.2, 0.25) is 10.0 Å². The van der Waals surface area contributed by atoms with Gasteiger partial charge in [-0.3, -0.25) is 25.8 Å². The molecule has 178 valence electrons. The molecule has 10 heteroatoms. The van der Waals surface area contributed by atoms with E-state index in [1.165, 1.54) is 25.8 Å². The third-order valence-corrected chi connectivity index (χ3v) is 5.21. The minimum absolute atomic E-state index is 0.0682. The Hall–Kier alpha value is -2.55. The van der Waals surface area contributed by atoms with Crippen LogP contribution in [0.5, 0.6) is 11.5 Å². The van der Waals surface area contributed by atoms with Gasteiger partial charge in [0.15, 0.2) is 11.2 Å². The normalized spacial score (nSPS) is 11.3. The first kappa shape index (κ1) is 26.7. The zero-order valence-corrected chi connectivity index (χ0v) is 20.8. The topological polar surface area (TPSA) is 88.7 Å². The van der Waals surface area contributed by atoms with Crippen LogP contribution in [0.1, 0.15) is 49.9 Å². The predicted octanol–water partition coefficient (Wildman–Crippen LogP) is 5.06. The lowest BCUT2D eigenvalue weighted by Crippen LogP contribution is -2.51. The van der Waals surface area contributed by atoms with Crippen molar-refractivity contribution in [1.29, 1.82) is 0 Å². The zero-order valence-electron chi connectivity index (χ0n) is 18.5. The largest absolute Gasteiger partial charge is 0.494 e. The van der Waals surface area contributed by atoms with Crippen molar-refractivity contribution in [2.45, 2.75) is 45.6 Å². The number of hydrogen-bond donors (Lipinski definition) is 3. The number of benzene rings is 2. The first-order chi connectivity index (χ1) is 15.8. The highest BCUT2D eigenvalue weighted by atomic mass is 35.5. The van der Waals surface area contributed by atoms with Gasteiger partial charge in [-0.05, 0) is 68.0 Å². The Kier molecular flexibility index (Phi) is 11.2. The highest BCUT2D eigenvalue weighted by Gasteiger charge is 2.17. The van der Waals surface area contributed by atoms with E-state index in [2.05, 4.69) is 23.1 Å². The number of hydrazine groups is 1. The Morgan fingerprint density at radius 2 is 1.76 bits per heavy atom. The van der Waals surface area contributed by atoms with Crippen LogP contribution in [0.15, 0.2) is 42.5 Å². The molecule has 0 spiro atoms. The van der Waals surface area contributed by atoms with Gasteiger partial charge in [0.25, 0.3) is 11.8 Å². The highest BCUT2D eigenvalue weighted by molar-refractivity contribution is 7.80. The highest BCUT2D eigenvalue weighted by Crippen LogP contribution is 2.28. The lowest BCUT2D eigenvalue weighted by atomic mass is 10.2. The van der Waals surface area contributed by atoms with Gasteiger partial charge in [0.05, 0.1) is 11.6 Å². The summed E-state index contributed by atoms with van der Waals surface area (Å²) in [5.41, 5.74) is 5.25. The average Bonchev–Trinajstić information content (AvgIpc) is 2.79. The molecular weight excluding hydrogens is 485 g/mol. The fourth-order valence-electron chi connectivity index (χ4n) is 2.66. The van der Waals surface area contributed by atoms with Crippen molar-refractivity contribution in [3.05, 3.63) is 58.1 Å². The van der Waals surface area contributed by atoms with Gasteiger partial charge in [-0.15, -0.1) is 0 Å². The molecule has 1 unspecified atom stereocenters. The van der Waals surface area contributed by atoms with Crippen LogP contribution in [0.3, 0.4) is 0 Å². The molecule has 2 rings (SSSR count). The van der Waals surface area contributed by atoms with Gasteiger partial charge in [0, 0.05) is 10.6 Å². The number of hydrogen-bond acceptors (Lipinski definition) is 5. The van der Waals surface area contributed by atoms with Gasteiger partial charge in [0.2, 0.25) is 0 Å². The number of carbonyl (C=O) groups excluding carboxylic acids is 2.